The summed E-state index contributed by atoms with van der Waals surface area (Å²) in [6.07, 6.45) is 1.23. The zero-order valence-corrected chi connectivity index (χ0v) is 9.54. The molecule has 2 saturated heterocycles. The lowest BCUT2D eigenvalue weighted by Gasteiger charge is -2.35. The number of ether oxygens (including phenoxy) is 1. The average Bonchev–Trinajstić information content (AvgIpc) is 2.60. The Hall–Kier alpha value is 0.270. The van der Waals surface area contributed by atoms with E-state index in [1.165, 1.54) is 12.2 Å². The predicted molar refractivity (Wildman–Crippen MR) is 57.0 cm³/mol. The Kier molecular flexibility index (Phi) is 2.37. The second-order valence-corrected chi connectivity index (χ2v) is 6.08. The van der Waals surface area contributed by atoms with Crippen LogP contribution in [0.15, 0.2) is 0 Å². The van der Waals surface area contributed by atoms with Gasteiger partial charge in [0.25, 0.3) is 0 Å². The summed E-state index contributed by atoms with van der Waals surface area (Å²) >= 11 is 2.06. The molecule has 1 N–H and O–H groups in total. The largest absolute Gasteiger partial charge is 0.378 e. The molecule has 0 saturated carbocycles. The number of thioether (sulfide) groups is 1. The summed E-state index contributed by atoms with van der Waals surface area (Å²) in [6, 6.07) is 0.686. The maximum Gasteiger partial charge on any atom is 0.0957 e. The molecule has 0 aromatic carbocycles. The van der Waals surface area contributed by atoms with Crippen molar-refractivity contribution in [3.63, 3.8) is 0 Å². The molecule has 0 radical (unpaired) electrons. The highest BCUT2D eigenvalue weighted by Crippen LogP contribution is 2.48. The van der Waals surface area contributed by atoms with Crippen LogP contribution in [0.25, 0.3) is 0 Å². The van der Waals surface area contributed by atoms with Crippen LogP contribution in [-0.2, 0) is 4.74 Å². The summed E-state index contributed by atoms with van der Waals surface area (Å²) in [7, 11) is 0. The summed E-state index contributed by atoms with van der Waals surface area (Å²) in [5.74, 6) is 1.24. The molecule has 2 heterocycles. The van der Waals surface area contributed by atoms with E-state index in [0.717, 1.165) is 13.2 Å². The van der Waals surface area contributed by atoms with E-state index in [-0.39, 0.29) is 10.3 Å². The fourth-order valence-electron chi connectivity index (χ4n) is 2.11. The Balaban J connectivity index is 2.13. The molecule has 0 aromatic heterocycles. The van der Waals surface area contributed by atoms with Gasteiger partial charge in [0.05, 0.1) is 18.1 Å². The Labute approximate surface area is 84.8 Å². The van der Waals surface area contributed by atoms with Gasteiger partial charge in [-0.05, 0) is 6.42 Å². The highest BCUT2D eigenvalue weighted by Gasteiger charge is 2.54. The molecule has 2 rings (SSSR count). The lowest BCUT2D eigenvalue weighted by molar-refractivity contribution is 0.166. The van der Waals surface area contributed by atoms with Crippen molar-refractivity contribution < 1.29 is 4.74 Å². The smallest absolute Gasteiger partial charge is 0.0957 e. The second kappa shape index (κ2) is 3.14. The van der Waals surface area contributed by atoms with Crippen LogP contribution in [0.4, 0.5) is 0 Å². The van der Waals surface area contributed by atoms with Gasteiger partial charge >= 0.3 is 0 Å². The molecule has 0 bridgehead atoms. The van der Waals surface area contributed by atoms with Gasteiger partial charge in [-0.25, -0.2) is 0 Å². The van der Waals surface area contributed by atoms with Crippen molar-refractivity contribution in [3.8, 4) is 0 Å². The molecule has 2 unspecified atom stereocenters. The Morgan fingerprint density at radius 3 is 2.69 bits per heavy atom. The third-order valence-corrected chi connectivity index (χ3v) is 5.17. The number of rotatable bonds is 1. The van der Waals surface area contributed by atoms with E-state index in [0.29, 0.717) is 6.04 Å². The van der Waals surface area contributed by atoms with Crippen LogP contribution in [0.5, 0.6) is 0 Å². The first-order chi connectivity index (χ1) is 6.10. The highest BCUT2D eigenvalue weighted by molar-refractivity contribution is 8.01. The Bertz CT molecular complexity index is 207. The summed E-state index contributed by atoms with van der Waals surface area (Å²) in [4.78, 5) is 0.202. The monoisotopic (exact) mass is 201 g/mol. The summed E-state index contributed by atoms with van der Waals surface area (Å²) in [5.41, 5.74) is 0.279. The summed E-state index contributed by atoms with van der Waals surface area (Å²) < 4.78 is 5.61. The zero-order chi connectivity index (χ0) is 9.53. The maximum atomic E-state index is 5.61. The molecular weight excluding hydrogens is 182 g/mol. The lowest BCUT2D eigenvalue weighted by atomic mass is 9.86. The first-order valence-corrected chi connectivity index (χ1v) is 6.08. The van der Waals surface area contributed by atoms with Crippen molar-refractivity contribution in [2.75, 3.05) is 19.0 Å². The van der Waals surface area contributed by atoms with E-state index >= 15 is 0 Å². The van der Waals surface area contributed by atoms with Gasteiger partial charge in [0.15, 0.2) is 0 Å². The van der Waals surface area contributed by atoms with Crippen LogP contribution >= 0.6 is 11.8 Å². The Morgan fingerprint density at radius 1 is 1.46 bits per heavy atom. The van der Waals surface area contributed by atoms with Crippen molar-refractivity contribution >= 4 is 11.8 Å². The quantitative estimate of drug-likeness (QED) is 0.699. The van der Waals surface area contributed by atoms with Crippen molar-refractivity contribution in [2.24, 2.45) is 5.41 Å². The molecule has 2 nitrogen and oxygen atoms in total. The van der Waals surface area contributed by atoms with Gasteiger partial charge in [0.2, 0.25) is 0 Å². The molecule has 0 amide bonds. The predicted octanol–water partition coefficient (Wildman–Crippen LogP) is 1.85. The molecule has 1 spiro atoms. The van der Waals surface area contributed by atoms with Crippen LogP contribution in [0.2, 0.25) is 0 Å². The molecule has 13 heavy (non-hydrogen) atoms. The minimum absolute atomic E-state index is 0.202. The first-order valence-electron chi connectivity index (χ1n) is 5.09. The highest BCUT2D eigenvalue weighted by atomic mass is 32.2. The normalized spacial score (nSPS) is 43.2. The zero-order valence-electron chi connectivity index (χ0n) is 8.72. The third kappa shape index (κ3) is 1.41. The van der Waals surface area contributed by atoms with Gasteiger partial charge in [-0.1, -0.05) is 20.8 Å². The second-order valence-electron chi connectivity index (χ2n) is 4.76. The van der Waals surface area contributed by atoms with E-state index in [9.17, 15) is 0 Å². The van der Waals surface area contributed by atoms with E-state index in [1.54, 1.807) is 0 Å². The topological polar surface area (TPSA) is 21.3 Å². The SMILES string of the molecule is CCC1CSC2(COCC2(C)C)N1. The fraction of sp³-hybridized carbons (Fsp3) is 1.00. The number of hydrogen-bond donors (Lipinski definition) is 1. The molecule has 2 aliphatic rings. The lowest BCUT2D eigenvalue weighted by Crippen LogP contribution is -2.51. The van der Waals surface area contributed by atoms with Gasteiger partial charge in [0, 0.05) is 17.2 Å². The van der Waals surface area contributed by atoms with Crippen LogP contribution in [0.1, 0.15) is 27.2 Å². The van der Waals surface area contributed by atoms with E-state index in [1.807, 2.05) is 0 Å². The summed E-state index contributed by atoms with van der Waals surface area (Å²) in [5, 5.41) is 3.74. The Morgan fingerprint density at radius 2 is 2.23 bits per heavy atom. The molecule has 0 aromatic rings. The minimum atomic E-state index is 0.202. The first kappa shape index (κ1) is 9.81. The van der Waals surface area contributed by atoms with Crippen LogP contribution in [0.3, 0.4) is 0 Å². The molecule has 2 atom stereocenters. The molecule has 0 aliphatic carbocycles. The van der Waals surface area contributed by atoms with Crippen molar-refractivity contribution in [3.05, 3.63) is 0 Å². The minimum Gasteiger partial charge on any atom is -0.378 e. The molecule has 76 valence electrons. The maximum absolute atomic E-state index is 5.61. The van der Waals surface area contributed by atoms with Crippen LogP contribution in [-0.4, -0.2) is 29.9 Å². The van der Waals surface area contributed by atoms with Crippen molar-refractivity contribution in [1.29, 1.82) is 0 Å². The summed E-state index contributed by atoms with van der Waals surface area (Å²) in [6.45, 7) is 8.63. The van der Waals surface area contributed by atoms with Crippen LogP contribution < -0.4 is 5.32 Å². The standard InChI is InChI=1S/C10H19NOS/c1-4-8-5-13-10(11-8)7-12-6-9(10,2)3/h8,11H,4-7H2,1-3H3. The number of hydrogen-bond acceptors (Lipinski definition) is 3. The van der Waals surface area contributed by atoms with Gasteiger partial charge in [-0.3, -0.25) is 5.32 Å². The van der Waals surface area contributed by atoms with E-state index in [2.05, 4.69) is 37.8 Å². The van der Waals surface area contributed by atoms with E-state index < -0.39 is 0 Å². The fourth-order valence-corrected chi connectivity index (χ4v) is 3.78. The third-order valence-electron chi connectivity index (χ3n) is 3.32. The molecule has 3 heteroatoms. The van der Waals surface area contributed by atoms with Crippen molar-refractivity contribution in [1.82, 2.24) is 5.32 Å². The average molecular weight is 201 g/mol. The van der Waals surface area contributed by atoms with Gasteiger partial charge < -0.3 is 4.74 Å². The number of nitrogens with one attached hydrogen (secondary N) is 1. The van der Waals surface area contributed by atoms with Crippen LogP contribution in [0, 0.1) is 5.41 Å². The molecular formula is C10H19NOS. The van der Waals surface area contributed by atoms with E-state index in [4.69, 9.17) is 4.74 Å². The van der Waals surface area contributed by atoms with Gasteiger partial charge in [0.1, 0.15) is 0 Å². The molecule has 2 fully saturated rings. The van der Waals surface area contributed by atoms with Gasteiger partial charge in [-0.15, -0.1) is 11.8 Å². The van der Waals surface area contributed by atoms with Gasteiger partial charge in [-0.2, -0.15) is 0 Å². The molecule has 2 aliphatic heterocycles. The van der Waals surface area contributed by atoms with Crippen molar-refractivity contribution in [2.45, 2.75) is 38.1 Å².